The smallest absolute Gasteiger partial charge is 0.219 e. The number of carbonyl (C=O) groups excluding carboxylic acids is 1. The van der Waals surface area contributed by atoms with Crippen molar-refractivity contribution in [2.45, 2.75) is 19.4 Å². The summed E-state index contributed by atoms with van der Waals surface area (Å²) in [7, 11) is 0. The van der Waals surface area contributed by atoms with E-state index in [0.717, 1.165) is 12.1 Å². The summed E-state index contributed by atoms with van der Waals surface area (Å²) < 4.78 is 0. The van der Waals surface area contributed by atoms with Gasteiger partial charge < -0.3 is 20.6 Å². The molecule has 0 saturated carbocycles. The van der Waals surface area contributed by atoms with E-state index in [0.29, 0.717) is 36.7 Å². The molecule has 30 heavy (non-hydrogen) atoms. The number of piperazine rings is 1. The fourth-order valence-corrected chi connectivity index (χ4v) is 4.02. The summed E-state index contributed by atoms with van der Waals surface area (Å²) in [6.07, 6.45) is 0.766. The van der Waals surface area contributed by atoms with Crippen LogP contribution in [0.1, 0.15) is 12.5 Å². The highest BCUT2D eigenvalue weighted by Crippen LogP contribution is 2.32. The molecule has 7 nitrogen and oxygen atoms in total. The number of phenols is 1. The lowest BCUT2D eigenvalue weighted by Gasteiger charge is -2.42. The lowest BCUT2D eigenvalue weighted by Crippen LogP contribution is -2.55. The van der Waals surface area contributed by atoms with Crippen LogP contribution in [0.5, 0.6) is 5.75 Å². The Labute approximate surface area is 175 Å². The summed E-state index contributed by atoms with van der Waals surface area (Å²) in [6.45, 7) is 3.53. The van der Waals surface area contributed by atoms with Gasteiger partial charge in [0.25, 0.3) is 0 Å². The van der Waals surface area contributed by atoms with E-state index in [4.69, 9.17) is 5.73 Å². The number of nitrogen functional groups attached to an aromatic ring is 1. The van der Waals surface area contributed by atoms with Crippen LogP contribution in [0, 0.1) is 0 Å². The first-order valence-electron chi connectivity index (χ1n) is 10.0. The SMILES string of the molecule is CC(=O)N1CCN(c2cc(-c3ccccc3O)nnc2N)C[C@@H]1Cc1ccccc1. The van der Waals surface area contributed by atoms with Crippen molar-refractivity contribution in [2.75, 3.05) is 30.3 Å². The number of amides is 1. The Morgan fingerprint density at radius 3 is 2.57 bits per heavy atom. The molecular weight excluding hydrogens is 378 g/mol. The summed E-state index contributed by atoms with van der Waals surface area (Å²) in [6, 6.07) is 19.1. The Morgan fingerprint density at radius 1 is 1.10 bits per heavy atom. The standard InChI is InChI=1S/C23H25N5O2/c1-16(29)28-12-11-27(15-18(28)13-17-7-3-2-4-8-17)21-14-20(25-26-23(21)24)19-9-5-6-10-22(19)30/h2-10,14,18,30H,11-13,15H2,1H3,(H2,24,26)/t18-/m0/s1. The Hall–Kier alpha value is -3.61. The summed E-state index contributed by atoms with van der Waals surface area (Å²) in [5.41, 5.74) is 9.29. The maximum Gasteiger partial charge on any atom is 0.219 e. The van der Waals surface area contributed by atoms with E-state index in [1.807, 2.05) is 35.2 Å². The van der Waals surface area contributed by atoms with Crippen LogP contribution in [0.25, 0.3) is 11.3 Å². The van der Waals surface area contributed by atoms with E-state index >= 15 is 0 Å². The predicted molar refractivity (Wildman–Crippen MR) is 117 cm³/mol. The number of nitrogens with zero attached hydrogens (tertiary/aromatic N) is 4. The van der Waals surface area contributed by atoms with Gasteiger partial charge in [-0.3, -0.25) is 4.79 Å². The number of rotatable bonds is 4. The van der Waals surface area contributed by atoms with Gasteiger partial charge in [-0.1, -0.05) is 42.5 Å². The molecule has 0 bridgehead atoms. The Kier molecular flexibility index (Phi) is 5.52. The highest BCUT2D eigenvalue weighted by atomic mass is 16.3. The van der Waals surface area contributed by atoms with Crippen LogP contribution >= 0.6 is 0 Å². The van der Waals surface area contributed by atoms with E-state index in [1.165, 1.54) is 5.56 Å². The molecule has 0 unspecified atom stereocenters. The second-order valence-corrected chi connectivity index (χ2v) is 7.52. The maximum absolute atomic E-state index is 12.2. The number of nitrogens with two attached hydrogens (primary N) is 1. The van der Waals surface area contributed by atoms with E-state index in [1.54, 1.807) is 25.1 Å². The van der Waals surface area contributed by atoms with Gasteiger partial charge in [-0.15, -0.1) is 10.2 Å². The van der Waals surface area contributed by atoms with Crippen LogP contribution in [0.3, 0.4) is 0 Å². The molecule has 1 saturated heterocycles. The number of benzene rings is 2. The second kappa shape index (κ2) is 8.41. The summed E-state index contributed by atoms with van der Waals surface area (Å²) in [5.74, 6) is 0.557. The van der Waals surface area contributed by atoms with Gasteiger partial charge in [-0.05, 0) is 30.2 Å². The predicted octanol–water partition coefficient (Wildman–Crippen LogP) is 2.71. The fraction of sp³-hybridized carbons (Fsp3) is 0.261. The Bertz CT molecular complexity index is 1040. The third-order valence-electron chi connectivity index (χ3n) is 5.52. The monoisotopic (exact) mass is 403 g/mol. The second-order valence-electron chi connectivity index (χ2n) is 7.52. The molecule has 154 valence electrons. The van der Waals surface area contributed by atoms with E-state index in [9.17, 15) is 9.90 Å². The zero-order chi connectivity index (χ0) is 21.1. The van der Waals surface area contributed by atoms with Crippen molar-refractivity contribution < 1.29 is 9.90 Å². The van der Waals surface area contributed by atoms with Crippen molar-refractivity contribution in [3.05, 3.63) is 66.2 Å². The molecule has 1 fully saturated rings. The topological polar surface area (TPSA) is 95.6 Å². The molecule has 1 atom stereocenters. The first-order valence-corrected chi connectivity index (χ1v) is 10.0. The Balaban J connectivity index is 1.63. The lowest BCUT2D eigenvalue weighted by atomic mass is 10.0. The van der Waals surface area contributed by atoms with Gasteiger partial charge in [-0.25, -0.2) is 0 Å². The number of carbonyl (C=O) groups is 1. The van der Waals surface area contributed by atoms with Gasteiger partial charge >= 0.3 is 0 Å². The summed E-state index contributed by atoms with van der Waals surface area (Å²) >= 11 is 0. The minimum absolute atomic E-state index is 0.0276. The van der Waals surface area contributed by atoms with E-state index < -0.39 is 0 Å². The molecule has 1 aliphatic heterocycles. The van der Waals surface area contributed by atoms with Crippen LogP contribution in [0.4, 0.5) is 11.5 Å². The van der Waals surface area contributed by atoms with Crippen molar-refractivity contribution >= 4 is 17.4 Å². The molecule has 0 spiro atoms. The number of para-hydroxylation sites is 1. The molecule has 1 aromatic heterocycles. The molecule has 0 radical (unpaired) electrons. The van der Waals surface area contributed by atoms with Crippen molar-refractivity contribution in [1.82, 2.24) is 15.1 Å². The van der Waals surface area contributed by atoms with Crippen LogP contribution in [0.15, 0.2) is 60.7 Å². The molecule has 7 heteroatoms. The zero-order valence-electron chi connectivity index (χ0n) is 16.9. The Morgan fingerprint density at radius 2 is 1.83 bits per heavy atom. The minimum atomic E-state index is 0.0276. The lowest BCUT2D eigenvalue weighted by molar-refractivity contribution is -0.131. The maximum atomic E-state index is 12.2. The highest BCUT2D eigenvalue weighted by Gasteiger charge is 2.30. The molecule has 3 N–H and O–H groups in total. The molecule has 3 aromatic rings. The third-order valence-corrected chi connectivity index (χ3v) is 5.52. The number of phenolic OH excluding ortho intramolecular Hbond substituents is 1. The normalized spacial score (nSPS) is 16.5. The number of aromatic hydroxyl groups is 1. The first kappa shape index (κ1) is 19.7. The molecule has 2 aromatic carbocycles. The van der Waals surface area contributed by atoms with E-state index in [-0.39, 0.29) is 17.7 Å². The molecule has 4 rings (SSSR count). The van der Waals surface area contributed by atoms with Crippen LogP contribution in [-0.2, 0) is 11.2 Å². The molecule has 1 amide bonds. The van der Waals surface area contributed by atoms with Crippen LogP contribution in [-0.4, -0.2) is 51.8 Å². The first-order chi connectivity index (χ1) is 14.5. The third kappa shape index (κ3) is 4.05. The fourth-order valence-electron chi connectivity index (χ4n) is 4.02. The number of hydrogen-bond donors (Lipinski definition) is 2. The molecular formula is C23H25N5O2. The average Bonchev–Trinajstić information content (AvgIpc) is 2.75. The number of anilines is 2. The number of hydrogen-bond acceptors (Lipinski definition) is 6. The summed E-state index contributed by atoms with van der Waals surface area (Å²) in [4.78, 5) is 16.3. The van der Waals surface area contributed by atoms with Gasteiger partial charge in [-0.2, -0.15) is 0 Å². The van der Waals surface area contributed by atoms with E-state index in [2.05, 4.69) is 27.2 Å². The largest absolute Gasteiger partial charge is 0.507 e. The molecule has 1 aliphatic rings. The number of aromatic nitrogens is 2. The van der Waals surface area contributed by atoms with Crippen molar-refractivity contribution in [3.8, 4) is 17.0 Å². The van der Waals surface area contributed by atoms with Gasteiger partial charge in [0.2, 0.25) is 5.91 Å². The van der Waals surface area contributed by atoms with Gasteiger partial charge in [0.1, 0.15) is 5.75 Å². The van der Waals surface area contributed by atoms with Gasteiger partial charge in [0.15, 0.2) is 5.82 Å². The van der Waals surface area contributed by atoms with Crippen molar-refractivity contribution in [3.63, 3.8) is 0 Å². The van der Waals surface area contributed by atoms with Crippen LogP contribution < -0.4 is 10.6 Å². The molecule has 0 aliphatic carbocycles. The highest BCUT2D eigenvalue weighted by molar-refractivity contribution is 5.76. The van der Waals surface area contributed by atoms with Crippen molar-refractivity contribution in [1.29, 1.82) is 0 Å². The average molecular weight is 403 g/mol. The van der Waals surface area contributed by atoms with Gasteiger partial charge in [0, 0.05) is 32.1 Å². The quantitative estimate of drug-likeness (QED) is 0.695. The van der Waals surface area contributed by atoms with Crippen LogP contribution in [0.2, 0.25) is 0 Å². The summed E-state index contributed by atoms with van der Waals surface area (Å²) in [5, 5.41) is 18.5. The zero-order valence-corrected chi connectivity index (χ0v) is 16.9. The minimum Gasteiger partial charge on any atom is -0.507 e. The van der Waals surface area contributed by atoms with Gasteiger partial charge in [0.05, 0.1) is 17.4 Å². The van der Waals surface area contributed by atoms with Crippen molar-refractivity contribution in [2.24, 2.45) is 0 Å². The molecule has 2 heterocycles.